The van der Waals surface area contributed by atoms with E-state index in [1.807, 2.05) is 24.3 Å². The number of amides is 1. The number of nitrogens with one attached hydrogen (secondary N) is 1. The van der Waals surface area contributed by atoms with E-state index in [9.17, 15) is 4.79 Å². The van der Waals surface area contributed by atoms with E-state index < -0.39 is 0 Å². The molecule has 26 heavy (non-hydrogen) atoms. The van der Waals surface area contributed by atoms with Crippen molar-refractivity contribution in [1.29, 1.82) is 0 Å². The van der Waals surface area contributed by atoms with Crippen LogP contribution in [0.2, 0.25) is 0 Å². The number of benzene rings is 1. The van der Waals surface area contributed by atoms with Gasteiger partial charge < -0.3 is 14.8 Å². The lowest BCUT2D eigenvalue weighted by Crippen LogP contribution is -2.52. The van der Waals surface area contributed by atoms with Crippen molar-refractivity contribution in [1.82, 2.24) is 10.2 Å². The van der Waals surface area contributed by atoms with Crippen molar-refractivity contribution in [3.63, 3.8) is 0 Å². The second-order valence-corrected chi connectivity index (χ2v) is 7.68. The van der Waals surface area contributed by atoms with Crippen LogP contribution in [-0.2, 0) is 9.53 Å². The van der Waals surface area contributed by atoms with Gasteiger partial charge >= 0.3 is 0 Å². The average molecular weight is 356 g/mol. The highest BCUT2D eigenvalue weighted by atomic mass is 16.5. The van der Waals surface area contributed by atoms with E-state index in [1.165, 1.54) is 0 Å². The zero-order chi connectivity index (χ0) is 18.0. The minimum absolute atomic E-state index is 0.0115. The van der Waals surface area contributed by atoms with Gasteiger partial charge in [-0.15, -0.1) is 6.58 Å². The molecule has 0 unspecified atom stereocenters. The average Bonchev–Trinajstić information content (AvgIpc) is 3.19. The number of carbonyl (C=O) groups is 1. The van der Waals surface area contributed by atoms with Crippen molar-refractivity contribution in [2.24, 2.45) is 0 Å². The molecule has 0 aromatic heterocycles. The summed E-state index contributed by atoms with van der Waals surface area (Å²) in [7, 11) is 0. The summed E-state index contributed by atoms with van der Waals surface area (Å²) >= 11 is 0. The molecule has 140 valence electrons. The Bertz CT molecular complexity index is 661. The Morgan fingerprint density at radius 3 is 2.88 bits per heavy atom. The summed E-state index contributed by atoms with van der Waals surface area (Å²) in [6.07, 6.45) is 6.21. The molecule has 0 radical (unpaired) electrons. The maximum Gasteiger partial charge on any atom is 0.249 e. The summed E-state index contributed by atoms with van der Waals surface area (Å²) in [6.45, 7) is 7.45. The third-order valence-electron chi connectivity index (χ3n) is 5.89. The SMILES string of the molecule is C=CCN1CCC2(CC1)C[C@H](NC(=O)[C@H]1CCCO1)c1ccccc1O2. The number of ether oxygens (including phenoxy) is 2. The van der Waals surface area contributed by atoms with Crippen molar-refractivity contribution in [3.8, 4) is 5.75 Å². The molecule has 1 spiro atoms. The van der Waals surface area contributed by atoms with Gasteiger partial charge in [-0.2, -0.15) is 0 Å². The van der Waals surface area contributed by atoms with Crippen LogP contribution in [-0.4, -0.2) is 48.8 Å². The van der Waals surface area contributed by atoms with Crippen LogP contribution in [0.15, 0.2) is 36.9 Å². The molecular formula is C21H28N2O3. The molecular weight excluding hydrogens is 328 g/mol. The van der Waals surface area contributed by atoms with Crippen LogP contribution in [0.25, 0.3) is 0 Å². The number of hydrogen-bond donors (Lipinski definition) is 1. The van der Waals surface area contributed by atoms with Crippen LogP contribution in [0, 0.1) is 0 Å². The molecule has 3 aliphatic rings. The Morgan fingerprint density at radius 2 is 2.15 bits per heavy atom. The fraction of sp³-hybridized carbons (Fsp3) is 0.571. The second-order valence-electron chi connectivity index (χ2n) is 7.68. The van der Waals surface area contributed by atoms with E-state index in [4.69, 9.17) is 9.47 Å². The summed E-state index contributed by atoms with van der Waals surface area (Å²) < 4.78 is 12.1. The van der Waals surface area contributed by atoms with Crippen LogP contribution < -0.4 is 10.1 Å². The van der Waals surface area contributed by atoms with Crippen molar-refractivity contribution in [2.45, 2.75) is 49.9 Å². The van der Waals surface area contributed by atoms with Gasteiger partial charge in [-0.05, 0) is 31.7 Å². The second kappa shape index (κ2) is 7.41. The maximum absolute atomic E-state index is 12.6. The van der Waals surface area contributed by atoms with Crippen LogP contribution in [0.4, 0.5) is 0 Å². The number of nitrogens with zero attached hydrogens (tertiary/aromatic N) is 1. The predicted molar refractivity (Wildman–Crippen MR) is 100 cm³/mol. The Morgan fingerprint density at radius 1 is 1.35 bits per heavy atom. The molecule has 1 aromatic carbocycles. The molecule has 2 saturated heterocycles. The number of fused-ring (bicyclic) bond motifs is 1. The Labute approximate surface area is 155 Å². The summed E-state index contributed by atoms with van der Waals surface area (Å²) in [5.74, 6) is 0.928. The van der Waals surface area contributed by atoms with Gasteiger partial charge in [0.2, 0.25) is 5.91 Å². The van der Waals surface area contributed by atoms with Gasteiger partial charge in [0, 0.05) is 38.2 Å². The number of piperidine rings is 1. The highest BCUT2D eigenvalue weighted by molar-refractivity contribution is 5.81. The topological polar surface area (TPSA) is 50.8 Å². The minimum atomic E-state index is -0.296. The summed E-state index contributed by atoms with van der Waals surface area (Å²) in [5.41, 5.74) is 0.888. The van der Waals surface area contributed by atoms with Crippen molar-refractivity contribution >= 4 is 5.91 Å². The van der Waals surface area contributed by atoms with E-state index in [-0.39, 0.29) is 23.7 Å². The van der Waals surface area contributed by atoms with Crippen LogP contribution >= 0.6 is 0 Å². The fourth-order valence-electron chi connectivity index (χ4n) is 4.43. The largest absolute Gasteiger partial charge is 0.487 e. The molecule has 0 bridgehead atoms. The summed E-state index contributed by atoms with van der Waals surface area (Å²) in [6, 6.07) is 8.09. The first-order chi connectivity index (χ1) is 12.7. The molecule has 0 aliphatic carbocycles. The van der Waals surface area contributed by atoms with Gasteiger partial charge in [0.1, 0.15) is 17.5 Å². The summed E-state index contributed by atoms with van der Waals surface area (Å²) in [4.78, 5) is 15.0. The summed E-state index contributed by atoms with van der Waals surface area (Å²) in [5, 5.41) is 3.25. The number of hydrogen-bond acceptors (Lipinski definition) is 4. The van der Waals surface area contributed by atoms with Crippen molar-refractivity contribution < 1.29 is 14.3 Å². The Hall–Kier alpha value is -1.85. The van der Waals surface area contributed by atoms with Crippen LogP contribution in [0.5, 0.6) is 5.75 Å². The van der Waals surface area contributed by atoms with Crippen LogP contribution in [0.1, 0.15) is 43.7 Å². The highest BCUT2D eigenvalue weighted by Gasteiger charge is 2.44. The zero-order valence-corrected chi connectivity index (χ0v) is 15.3. The quantitative estimate of drug-likeness (QED) is 0.843. The minimum Gasteiger partial charge on any atom is -0.487 e. The van der Waals surface area contributed by atoms with Gasteiger partial charge in [0.25, 0.3) is 0 Å². The predicted octanol–water partition coefficient (Wildman–Crippen LogP) is 2.83. The molecule has 1 aromatic rings. The fourth-order valence-corrected chi connectivity index (χ4v) is 4.43. The van der Waals surface area contributed by atoms with E-state index >= 15 is 0 Å². The third kappa shape index (κ3) is 3.51. The van der Waals surface area contributed by atoms with Gasteiger partial charge in [0.15, 0.2) is 0 Å². The smallest absolute Gasteiger partial charge is 0.249 e. The standard InChI is InChI=1S/C21H28N2O3/c1-2-11-23-12-9-21(10-13-23)15-17(16-6-3-4-7-18(16)26-21)22-20(24)19-8-5-14-25-19/h2-4,6-7,17,19H,1,5,8-15H2,(H,22,24)/t17-,19+/m0/s1. The zero-order valence-electron chi connectivity index (χ0n) is 15.3. The van der Waals surface area contributed by atoms with E-state index in [0.29, 0.717) is 6.61 Å². The van der Waals surface area contributed by atoms with Crippen molar-refractivity contribution in [3.05, 3.63) is 42.5 Å². The normalized spacial score (nSPS) is 27.5. The molecule has 5 nitrogen and oxygen atoms in total. The van der Waals surface area contributed by atoms with E-state index in [0.717, 1.165) is 63.1 Å². The molecule has 2 fully saturated rings. The van der Waals surface area contributed by atoms with E-state index in [1.54, 1.807) is 0 Å². The van der Waals surface area contributed by atoms with Gasteiger partial charge in [-0.3, -0.25) is 9.69 Å². The highest BCUT2D eigenvalue weighted by Crippen LogP contribution is 2.44. The van der Waals surface area contributed by atoms with Gasteiger partial charge in [0.05, 0.1) is 6.04 Å². The lowest BCUT2D eigenvalue weighted by molar-refractivity contribution is -0.131. The maximum atomic E-state index is 12.6. The molecule has 5 heteroatoms. The molecule has 3 aliphatic heterocycles. The molecule has 0 saturated carbocycles. The van der Waals surface area contributed by atoms with Crippen molar-refractivity contribution in [2.75, 3.05) is 26.2 Å². The van der Waals surface area contributed by atoms with Gasteiger partial charge in [-0.1, -0.05) is 24.3 Å². The first-order valence-corrected chi connectivity index (χ1v) is 9.72. The van der Waals surface area contributed by atoms with E-state index in [2.05, 4.69) is 22.9 Å². The first kappa shape index (κ1) is 17.6. The molecule has 2 atom stereocenters. The molecule has 1 N–H and O–H groups in total. The molecule has 4 rings (SSSR count). The third-order valence-corrected chi connectivity index (χ3v) is 5.89. The lowest BCUT2D eigenvalue weighted by Gasteiger charge is -2.47. The first-order valence-electron chi connectivity index (χ1n) is 9.72. The number of rotatable bonds is 4. The van der Waals surface area contributed by atoms with Crippen LogP contribution in [0.3, 0.4) is 0 Å². The lowest BCUT2D eigenvalue weighted by atomic mass is 9.80. The monoisotopic (exact) mass is 356 g/mol. The number of para-hydroxylation sites is 1. The number of carbonyl (C=O) groups excluding carboxylic acids is 1. The Balaban J connectivity index is 1.51. The van der Waals surface area contributed by atoms with Gasteiger partial charge in [-0.25, -0.2) is 0 Å². The number of likely N-dealkylation sites (tertiary alicyclic amines) is 1. The Kier molecular flexibility index (Phi) is 5.00. The molecule has 1 amide bonds. The molecule has 3 heterocycles.